The maximum absolute atomic E-state index is 11.0. The predicted molar refractivity (Wildman–Crippen MR) is 55.6 cm³/mol. The first-order valence-corrected chi connectivity index (χ1v) is 5.09. The van der Waals surface area contributed by atoms with Crippen molar-refractivity contribution in [1.29, 1.82) is 0 Å². The Morgan fingerprint density at radius 2 is 2.20 bits per heavy atom. The molecule has 0 aliphatic heterocycles. The molecular weight excluding hydrogens is 192 g/mol. The first-order valence-electron chi connectivity index (χ1n) is 5.09. The number of carboxylic acids is 1. The molecule has 1 aliphatic rings. The van der Waals surface area contributed by atoms with Gasteiger partial charge in [0.15, 0.2) is 0 Å². The molecule has 0 amide bonds. The van der Waals surface area contributed by atoms with Gasteiger partial charge in [-0.3, -0.25) is 9.48 Å². The average Bonchev–Trinajstić information content (AvgIpc) is 2.52. The summed E-state index contributed by atoms with van der Waals surface area (Å²) < 4.78 is 1.79. The Hall–Kier alpha value is -1.32. The molecule has 82 valence electrons. The molecular formula is C11H16N2O2. The third kappa shape index (κ3) is 1.35. The molecule has 1 heterocycles. The molecule has 1 fully saturated rings. The maximum Gasteiger partial charge on any atom is 0.307 e. The predicted octanol–water partition coefficient (Wildman–Crippen LogP) is 1.55. The zero-order valence-electron chi connectivity index (χ0n) is 9.48. The second kappa shape index (κ2) is 2.84. The van der Waals surface area contributed by atoms with Gasteiger partial charge in [0.2, 0.25) is 0 Å². The van der Waals surface area contributed by atoms with E-state index in [1.165, 1.54) is 0 Å². The lowest BCUT2D eigenvalue weighted by Crippen LogP contribution is -2.03. The van der Waals surface area contributed by atoms with Gasteiger partial charge in [-0.2, -0.15) is 5.10 Å². The van der Waals surface area contributed by atoms with E-state index in [2.05, 4.69) is 5.10 Å². The van der Waals surface area contributed by atoms with Crippen molar-refractivity contribution < 1.29 is 9.90 Å². The van der Waals surface area contributed by atoms with Crippen molar-refractivity contribution in [2.45, 2.75) is 26.7 Å². The molecule has 1 saturated carbocycles. The van der Waals surface area contributed by atoms with Crippen LogP contribution < -0.4 is 0 Å². The topological polar surface area (TPSA) is 55.1 Å². The highest BCUT2D eigenvalue weighted by molar-refractivity contribution is 5.77. The SMILES string of the molecule is Cc1cc([C@H]2[C@H](C(=O)O)C2(C)C)nn1C. The smallest absolute Gasteiger partial charge is 0.307 e. The lowest BCUT2D eigenvalue weighted by molar-refractivity contribution is -0.139. The lowest BCUT2D eigenvalue weighted by Gasteiger charge is -1.97. The number of rotatable bonds is 2. The van der Waals surface area contributed by atoms with E-state index in [1.54, 1.807) is 4.68 Å². The Kier molecular flexibility index (Phi) is 1.93. The number of carbonyl (C=O) groups is 1. The minimum absolute atomic E-state index is 0.0647. The molecule has 1 aromatic heterocycles. The van der Waals surface area contributed by atoms with Gasteiger partial charge in [-0.1, -0.05) is 13.8 Å². The van der Waals surface area contributed by atoms with E-state index in [9.17, 15) is 4.79 Å². The molecule has 4 nitrogen and oxygen atoms in total. The summed E-state index contributed by atoms with van der Waals surface area (Å²) in [7, 11) is 1.88. The molecule has 15 heavy (non-hydrogen) atoms. The van der Waals surface area contributed by atoms with Gasteiger partial charge in [-0.15, -0.1) is 0 Å². The molecule has 0 saturated heterocycles. The summed E-state index contributed by atoms with van der Waals surface area (Å²) in [6.45, 7) is 5.95. The van der Waals surface area contributed by atoms with E-state index in [4.69, 9.17) is 5.11 Å². The minimum Gasteiger partial charge on any atom is -0.481 e. The average molecular weight is 208 g/mol. The first kappa shape index (κ1) is 10.2. The Bertz CT molecular complexity index is 401. The van der Waals surface area contributed by atoms with Crippen LogP contribution in [0.5, 0.6) is 0 Å². The van der Waals surface area contributed by atoms with Gasteiger partial charge >= 0.3 is 5.97 Å². The molecule has 0 bridgehead atoms. The van der Waals surface area contributed by atoms with E-state index < -0.39 is 5.97 Å². The summed E-state index contributed by atoms with van der Waals surface area (Å²) in [5.41, 5.74) is 1.82. The highest BCUT2D eigenvalue weighted by atomic mass is 16.4. The maximum atomic E-state index is 11.0. The molecule has 4 heteroatoms. The molecule has 2 rings (SSSR count). The Morgan fingerprint density at radius 1 is 1.60 bits per heavy atom. The Labute approximate surface area is 88.9 Å². The van der Waals surface area contributed by atoms with Crippen LogP contribution >= 0.6 is 0 Å². The molecule has 0 aromatic carbocycles. The number of aromatic nitrogens is 2. The number of hydrogen-bond acceptors (Lipinski definition) is 2. The van der Waals surface area contributed by atoms with E-state index in [-0.39, 0.29) is 17.3 Å². The first-order chi connectivity index (χ1) is 6.85. The highest BCUT2D eigenvalue weighted by Gasteiger charge is 2.63. The summed E-state index contributed by atoms with van der Waals surface area (Å²) in [5.74, 6) is -0.935. The molecule has 0 radical (unpaired) electrons. The van der Waals surface area contributed by atoms with E-state index >= 15 is 0 Å². The number of carboxylic acid groups (broad SMARTS) is 1. The molecule has 0 spiro atoms. The highest BCUT2D eigenvalue weighted by Crippen LogP contribution is 2.64. The van der Waals surface area contributed by atoms with Crippen LogP contribution in [0, 0.1) is 18.3 Å². The molecule has 1 aromatic rings. The lowest BCUT2D eigenvalue weighted by atomic mass is 10.1. The molecule has 1 aliphatic carbocycles. The quantitative estimate of drug-likeness (QED) is 0.802. The fourth-order valence-corrected chi connectivity index (χ4v) is 2.39. The third-order valence-electron chi connectivity index (χ3n) is 3.54. The molecule has 0 unspecified atom stereocenters. The van der Waals surface area contributed by atoms with Crippen LogP contribution in [-0.4, -0.2) is 20.9 Å². The van der Waals surface area contributed by atoms with Crippen LogP contribution in [-0.2, 0) is 11.8 Å². The zero-order chi connectivity index (χ0) is 11.4. The molecule has 1 N–H and O–H groups in total. The monoisotopic (exact) mass is 208 g/mol. The van der Waals surface area contributed by atoms with Crippen LogP contribution in [0.25, 0.3) is 0 Å². The van der Waals surface area contributed by atoms with Crippen LogP contribution in [0.4, 0.5) is 0 Å². The molecule has 2 atom stereocenters. The van der Waals surface area contributed by atoms with Gasteiger partial charge in [0.05, 0.1) is 11.6 Å². The van der Waals surface area contributed by atoms with Crippen LogP contribution in [0.3, 0.4) is 0 Å². The van der Waals surface area contributed by atoms with Crippen LogP contribution in [0.15, 0.2) is 6.07 Å². The van der Waals surface area contributed by atoms with Crippen molar-refractivity contribution >= 4 is 5.97 Å². The van der Waals surface area contributed by atoms with Gasteiger partial charge in [-0.25, -0.2) is 0 Å². The third-order valence-corrected chi connectivity index (χ3v) is 3.54. The van der Waals surface area contributed by atoms with Crippen molar-refractivity contribution in [3.05, 3.63) is 17.5 Å². The number of hydrogen-bond donors (Lipinski definition) is 1. The Balaban J connectivity index is 2.31. The van der Waals surface area contributed by atoms with E-state index in [0.717, 1.165) is 11.4 Å². The second-order valence-corrected chi connectivity index (χ2v) is 4.95. The van der Waals surface area contributed by atoms with Gasteiger partial charge in [0, 0.05) is 18.7 Å². The summed E-state index contributed by atoms with van der Waals surface area (Å²) in [5, 5.41) is 13.4. The second-order valence-electron chi connectivity index (χ2n) is 4.95. The number of aryl methyl sites for hydroxylation is 2. The van der Waals surface area contributed by atoms with Crippen LogP contribution in [0.2, 0.25) is 0 Å². The van der Waals surface area contributed by atoms with Crippen molar-refractivity contribution in [2.75, 3.05) is 0 Å². The van der Waals surface area contributed by atoms with E-state index in [1.807, 2.05) is 33.9 Å². The van der Waals surface area contributed by atoms with Crippen molar-refractivity contribution in [3.8, 4) is 0 Å². The van der Waals surface area contributed by atoms with Crippen molar-refractivity contribution in [3.63, 3.8) is 0 Å². The van der Waals surface area contributed by atoms with Crippen LogP contribution in [0.1, 0.15) is 31.2 Å². The summed E-state index contributed by atoms with van der Waals surface area (Å²) in [4.78, 5) is 11.0. The minimum atomic E-state index is -0.715. The van der Waals surface area contributed by atoms with Gasteiger partial charge in [-0.05, 0) is 18.4 Å². The van der Waals surface area contributed by atoms with Gasteiger partial charge in [0.25, 0.3) is 0 Å². The van der Waals surface area contributed by atoms with Gasteiger partial charge < -0.3 is 5.11 Å². The number of aliphatic carboxylic acids is 1. The number of nitrogens with zero attached hydrogens (tertiary/aromatic N) is 2. The van der Waals surface area contributed by atoms with Crippen molar-refractivity contribution in [2.24, 2.45) is 18.4 Å². The fourth-order valence-electron chi connectivity index (χ4n) is 2.39. The Morgan fingerprint density at radius 3 is 2.53 bits per heavy atom. The normalized spacial score (nSPS) is 27.7. The fraction of sp³-hybridized carbons (Fsp3) is 0.636. The summed E-state index contributed by atoms with van der Waals surface area (Å²) in [6.07, 6.45) is 0. The van der Waals surface area contributed by atoms with Gasteiger partial charge in [0.1, 0.15) is 0 Å². The zero-order valence-corrected chi connectivity index (χ0v) is 9.48. The standard InChI is InChI=1S/C11H16N2O2/c1-6-5-7(12-13(6)4)8-9(10(14)15)11(8,2)3/h5,8-9H,1-4H3,(H,14,15)/t8-,9+/m0/s1. The van der Waals surface area contributed by atoms with E-state index in [0.29, 0.717) is 0 Å². The summed E-state index contributed by atoms with van der Waals surface area (Å²) in [6, 6.07) is 1.98. The largest absolute Gasteiger partial charge is 0.481 e. The summed E-state index contributed by atoms with van der Waals surface area (Å²) >= 11 is 0. The van der Waals surface area contributed by atoms with Crippen molar-refractivity contribution in [1.82, 2.24) is 9.78 Å².